The molecule has 18 heavy (non-hydrogen) atoms. The quantitative estimate of drug-likeness (QED) is 0.667. The molecule has 1 aliphatic carbocycles. The van der Waals surface area contributed by atoms with Crippen LogP contribution in [0.15, 0.2) is 0 Å². The Morgan fingerprint density at radius 2 is 2.00 bits per heavy atom. The van der Waals surface area contributed by atoms with Crippen LogP contribution < -0.4 is 0 Å². The van der Waals surface area contributed by atoms with Crippen molar-refractivity contribution < 1.29 is 14.3 Å². The van der Waals surface area contributed by atoms with Crippen molar-refractivity contribution in [2.75, 3.05) is 6.54 Å². The zero-order chi connectivity index (χ0) is 13.3. The minimum atomic E-state index is -0.471. The predicted molar refractivity (Wildman–Crippen MR) is 68.3 cm³/mol. The summed E-state index contributed by atoms with van der Waals surface area (Å²) >= 11 is 0. The molecule has 4 heteroatoms. The van der Waals surface area contributed by atoms with E-state index in [1.807, 2.05) is 20.8 Å². The molecule has 2 atom stereocenters. The number of carbonyl (C=O) groups excluding carboxylic acids is 2. The molecule has 0 aromatic heterocycles. The van der Waals surface area contributed by atoms with Gasteiger partial charge >= 0.3 is 6.09 Å². The van der Waals surface area contributed by atoms with E-state index in [1.54, 1.807) is 4.90 Å². The summed E-state index contributed by atoms with van der Waals surface area (Å²) in [5.74, 6) is 0.392. The second-order valence-electron chi connectivity index (χ2n) is 6.35. The second-order valence-corrected chi connectivity index (χ2v) is 6.35. The smallest absolute Gasteiger partial charge is 0.410 e. The van der Waals surface area contributed by atoms with Crippen LogP contribution in [0.5, 0.6) is 0 Å². The van der Waals surface area contributed by atoms with Gasteiger partial charge < -0.3 is 9.64 Å². The van der Waals surface area contributed by atoms with Gasteiger partial charge in [-0.3, -0.25) is 4.79 Å². The lowest BCUT2D eigenvalue weighted by Crippen LogP contribution is -2.45. The van der Waals surface area contributed by atoms with Gasteiger partial charge in [-0.2, -0.15) is 0 Å². The first-order valence-electron chi connectivity index (χ1n) is 6.91. The van der Waals surface area contributed by atoms with Crippen LogP contribution in [0.4, 0.5) is 4.79 Å². The molecule has 0 aromatic rings. The van der Waals surface area contributed by atoms with E-state index in [4.69, 9.17) is 4.74 Å². The summed E-state index contributed by atoms with van der Waals surface area (Å²) in [6.07, 6.45) is 4.04. The summed E-state index contributed by atoms with van der Waals surface area (Å²) in [5.41, 5.74) is -0.471. The molecule has 4 nitrogen and oxygen atoms in total. The van der Waals surface area contributed by atoms with Crippen LogP contribution in [0, 0.1) is 5.92 Å². The lowest BCUT2D eigenvalue weighted by molar-refractivity contribution is -0.123. The molecule has 1 heterocycles. The Labute approximate surface area is 109 Å². The first-order chi connectivity index (χ1) is 8.38. The first kappa shape index (κ1) is 13.4. The largest absolute Gasteiger partial charge is 0.444 e. The number of fused-ring (bicyclic) bond motifs is 1. The lowest BCUT2D eigenvalue weighted by Gasteiger charge is -2.32. The highest BCUT2D eigenvalue weighted by Crippen LogP contribution is 2.34. The van der Waals surface area contributed by atoms with Gasteiger partial charge in [0.15, 0.2) is 0 Å². The molecule has 2 aliphatic rings. The number of nitrogens with zero attached hydrogens (tertiary/aromatic N) is 1. The highest BCUT2D eigenvalue weighted by atomic mass is 16.6. The van der Waals surface area contributed by atoms with Crippen LogP contribution in [0.3, 0.4) is 0 Å². The van der Waals surface area contributed by atoms with Crippen molar-refractivity contribution in [3.8, 4) is 0 Å². The van der Waals surface area contributed by atoms with Crippen molar-refractivity contribution in [2.45, 2.75) is 64.5 Å². The van der Waals surface area contributed by atoms with Crippen LogP contribution in [0.25, 0.3) is 0 Å². The Balaban J connectivity index is 2.11. The molecular weight excluding hydrogens is 230 g/mol. The molecule has 0 unspecified atom stereocenters. The maximum absolute atomic E-state index is 12.2. The maximum Gasteiger partial charge on any atom is 0.410 e. The van der Waals surface area contributed by atoms with Gasteiger partial charge in [0.1, 0.15) is 11.4 Å². The van der Waals surface area contributed by atoms with E-state index in [0.29, 0.717) is 18.7 Å². The number of carbonyl (C=O) groups is 2. The topological polar surface area (TPSA) is 46.6 Å². The van der Waals surface area contributed by atoms with Gasteiger partial charge in [-0.05, 0) is 40.0 Å². The van der Waals surface area contributed by atoms with Gasteiger partial charge in [-0.1, -0.05) is 6.42 Å². The van der Waals surface area contributed by atoms with Crippen molar-refractivity contribution in [1.29, 1.82) is 0 Å². The molecule has 1 saturated heterocycles. The molecule has 2 fully saturated rings. The molecule has 0 N–H and O–H groups in total. The van der Waals surface area contributed by atoms with Gasteiger partial charge in [-0.15, -0.1) is 0 Å². The number of ether oxygens (including phenoxy) is 1. The fraction of sp³-hybridized carbons (Fsp3) is 0.857. The van der Waals surface area contributed by atoms with Crippen molar-refractivity contribution in [3.63, 3.8) is 0 Å². The average molecular weight is 253 g/mol. The predicted octanol–water partition coefficient (Wildman–Crippen LogP) is 2.76. The minimum Gasteiger partial charge on any atom is -0.444 e. The lowest BCUT2D eigenvalue weighted by atomic mass is 9.97. The zero-order valence-electron chi connectivity index (χ0n) is 11.6. The molecule has 1 aliphatic heterocycles. The van der Waals surface area contributed by atoms with Crippen LogP contribution in [-0.4, -0.2) is 35.0 Å². The Morgan fingerprint density at radius 1 is 1.28 bits per heavy atom. The average Bonchev–Trinajstić information content (AvgIpc) is 2.64. The van der Waals surface area contributed by atoms with Gasteiger partial charge in [0.2, 0.25) is 0 Å². The summed E-state index contributed by atoms with van der Waals surface area (Å²) < 4.78 is 5.45. The molecule has 0 radical (unpaired) electrons. The molecule has 102 valence electrons. The Bertz CT molecular complexity index is 345. The van der Waals surface area contributed by atoms with E-state index >= 15 is 0 Å². The van der Waals surface area contributed by atoms with Crippen LogP contribution >= 0.6 is 0 Å². The third-order valence-corrected chi connectivity index (χ3v) is 3.74. The third-order valence-electron chi connectivity index (χ3n) is 3.74. The summed E-state index contributed by atoms with van der Waals surface area (Å²) in [6, 6.07) is 0.0786. The number of ketones is 1. The number of hydrogen-bond donors (Lipinski definition) is 0. The number of Topliss-reactive ketones (excluding diaryl/α,β-unsaturated/α-hetero) is 1. The van der Waals surface area contributed by atoms with Gasteiger partial charge in [0.05, 0.1) is 0 Å². The fourth-order valence-electron chi connectivity index (χ4n) is 3.01. The Hall–Kier alpha value is -1.06. The third kappa shape index (κ3) is 2.85. The molecular formula is C14H23NO3. The number of amides is 1. The molecule has 0 bridgehead atoms. The maximum atomic E-state index is 12.2. The zero-order valence-corrected chi connectivity index (χ0v) is 11.6. The normalized spacial score (nSPS) is 28.8. The van der Waals surface area contributed by atoms with E-state index in [1.165, 1.54) is 0 Å². The number of likely N-dealkylation sites (tertiary alicyclic amines) is 1. The fourth-order valence-corrected chi connectivity index (χ4v) is 3.01. The minimum absolute atomic E-state index is 0.0556. The van der Waals surface area contributed by atoms with Crippen LogP contribution in [0.2, 0.25) is 0 Å². The number of rotatable bonds is 0. The van der Waals surface area contributed by atoms with Crippen molar-refractivity contribution in [2.24, 2.45) is 5.92 Å². The second kappa shape index (κ2) is 4.90. The summed E-state index contributed by atoms with van der Waals surface area (Å²) in [7, 11) is 0. The first-order valence-corrected chi connectivity index (χ1v) is 6.91. The summed E-state index contributed by atoms with van der Waals surface area (Å²) in [5, 5.41) is 0. The summed E-state index contributed by atoms with van der Waals surface area (Å²) in [6.45, 7) is 6.28. The standard InChI is InChI=1S/C14H23NO3/c1-14(2,3)18-13(17)15-9-5-8-12(16)10-6-4-7-11(10)15/h10-11H,4-9H2,1-3H3/t10-,11+/m0/s1. The van der Waals surface area contributed by atoms with Crippen molar-refractivity contribution in [1.82, 2.24) is 4.90 Å². The molecule has 1 saturated carbocycles. The van der Waals surface area contributed by atoms with E-state index < -0.39 is 5.60 Å². The monoisotopic (exact) mass is 253 g/mol. The van der Waals surface area contributed by atoms with E-state index in [0.717, 1.165) is 25.7 Å². The SMILES string of the molecule is CC(C)(C)OC(=O)N1CCCC(=O)[C@H]2CCC[C@H]21. The molecule has 1 amide bonds. The van der Waals surface area contributed by atoms with E-state index in [9.17, 15) is 9.59 Å². The number of hydrogen-bond acceptors (Lipinski definition) is 3. The van der Waals surface area contributed by atoms with Gasteiger partial charge in [0.25, 0.3) is 0 Å². The van der Waals surface area contributed by atoms with Crippen LogP contribution in [-0.2, 0) is 9.53 Å². The highest BCUT2D eigenvalue weighted by Gasteiger charge is 2.41. The Morgan fingerprint density at radius 3 is 2.67 bits per heavy atom. The molecule has 0 spiro atoms. The van der Waals surface area contributed by atoms with Crippen molar-refractivity contribution in [3.05, 3.63) is 0 Å². The van der Waals surface area contributed by atoms with Gasteiger partial charge in [-0.25, -0.2) is 4.79 Å². The van der Waals surface area contributed by atoms with E-state index in [-0.39, 0.29) is 18.1 Å². The van der Waals surface area contributed by atoms with Gasteiger partial charge in [0, 0.05) is 24.9 Å². The van der Waals surface area contributed by atoms with Crippen LogP contribution in [0.1, 0.15) is 52.9 Å². The highest BCUT2D eigenvalue weighted by molar-refractivity contribution is 5.83. The summed E-state index contributed by atoms with van der Waals surface area (Å²) in [4.78, 5) is 26.0. The molecule has 2 rings (SSSR count). The Kier molecular flexibility index (Phi) is 3.64. The van der Waals surface area contributed by atoms with Crippen molar-refractivity contribution >= 4 is 11.9 Å². The molecule has 0 aromatic carbocycles. The van der Waals surface area contributed by atoms with E-state index in [2.05, 4.69) is 0 Å².